The largest absolute Gasteiger partial charge is 0.480 e. The Kier molecular flexibility index (Phi) is 9.23. The van der Waals surface area contributed by atoms with E-state index in [0.29, 0.717) is 36.6 Å². The van der Waals surface area contributed by atoms with E-state index in [1.807, 2.05) is 67.8 Å². The molecular weight excluding hydrogens is 552 g/mol. The van der Waals surface area contributed by atoms with Crippen molar-refractivity contribution in [2.24, 2.45) is 0 Å². The summed E-state index contributed by atoms with van der Waals surface area (Å²) in [6.07, 6.45) is 7.28. The molecule has 1 atom stereocenters. The van der Waals surface area contributed by atoms with Crippen molar-refractivity contribution in [3.8, 4) is 22.6 Å². The first-order valence-corrected chi connectivity index (χ1v) is 14.9. The summed E-state index contributed by atoms with van der Waals surface area (Å²) in [5.41, 5.74) is 5.92. The van der Waals surface area contributed by atoms with Crippen LogP contribution in [0.3, 0.4) is 0 Å². The first-order chi connectivity index (χ1) is 20.4. The normalized spacial score (nSPS) is 12.5. The number of hydrogen-bond donors (Lipinski definition) is 2. The maximum atomic E-state index is 13.5. The number of benzene rings is 3. The minimum Gasteiger partial charge on any atom is -0.480 e. The maximum Gasteiger partial charge on any atom is 0.326 e. The Morgan fingerprint density at radius 1 is 0.976 bits per heavy atom. The summed E-state index contributed by atoms with van der Waals surface area (Å²) in [5, 5.41) is 12.4. The summed E-state index contributed by atoms with van der Waals surface area (Å²) in [6, 6.07) is 18.5. The minimum absolute atomic E-state index is 0.210. The average Bonchev–Trinajstić information content (AvgIpc) is 3.47. The average molecular weight is 585 g/mol. The van der Waals surface area contributed by atoms with Gasteiger partial charge in [0, 0.05) is 18.7 Å². The predicted molar refractivity (Wildman–Crippen MR) is 163 cm³/mol. The Bertz CT molecular complexity index is 1570. The van der Waals surface area contributed by atoms with Crippen LogP contribution in [-0.4, -0.2) is 51.8 Å². The lowest BCUT2D eigenvalue weighted by atomic mass is 9.93. The molecule has 9 nitrogen and oxygen atoms in total. The number of aromatic nitrogens is 2. The van der Waals surface area contributed by atoms with Crippen molar-refractivity contribution in [2.45, 2.75) is 32.5 Å². The van der Waals surface area contributed by atoms with E-state index in [9.17, 15) is 14.7 Å². The van der Waals surface area contributed by atoms with Gasteiger partial charge in [-0.2, -0.15) is 11.8 Å². The molecule has 0 aliphatic carbocycles. The zero-order valence-corrected chi connectivity index (χ0v) is 24.3. The summed E-state index contributed by atoms with van der Waals surface area (Å²) in [6.45, 7) is 3.27. The van der Waals surface area contributed by atoms with Gasteiger partial charge in [-0.05, 0) is 77.4 Å². The van der Waals surface area contributed by atoms with E-state index in [1.54, 1.807) is 30.2 Å². The molecule has 0 fully saturated rings. The molecule has 0 saturated heterocycles. The molecule has 0 spiro atoms. The number of anilines is 1. The highest BCUT2D eigenvalue weighted by Crippen LogP contribution is 2.34. The van der Waals surface area contributed by atoms with Gasteiger partial charge in [-0.1, -0.05) is 36.4 Å². The van der Waals surface area contributed by atoms with Crippen LogP contribution in [0.1, 0.15) is 33.5 Å². The Hall–Kier alpha value is -4.57. The molecule has 0 saturated carbocycles. The van der Waals surface area contributed by atoms with Crippen molar-refractivity contribution in [3.05, 3.63) is 102 Å². The molecule has 2 heterocycles. The lowest BCUT2D eigenvalue weighted by Gasteiger charge is -2.25. The van der Waals surface area contributed by atoms with Crippen molar-refractivity contribution in [1.82, 2.24) is 15.3 Å². The topological polar surface area (TPSA) is 114 Å². The van der Waals surface area contributed by atoms with Crippen molar-refractivity contribution in [2.75, 3.05) is 23.7 Å². The van der Waals surface area contributed by atoms with Crippen LogP contribution >= 0.6 is 11.8 Å². The zero-order valence-electron chi connectivity index (χ0n) is 23.4. The van der Waals surface area contributed by atoms with Gasteiger partial charge in [0.1, 0.15) is 12.4 Å². The third-order valence-electron chi connectivity index (χ3n) is 7.07. The highest BCUT2D eigenvalue weighted by atomic mass is 32.2. The number of thioether (sulfide) groups is 1. The fourth-order valence-electron chi connectivity index (χ4n) is 4.89. The van der Waals surface area contributed by atoms with E-state index in [1.165, 1.54) is 6.33 Å². The molecule has 4 aromatic rings. The zero-order chi connectivity index (χ0) is 29.5. The summed E-state index contributed by atoms with van der Waals surface area (Å²) in [5.74, 6) is 0.607. The molecule has 10 heteroatoms. The van der Waals surface area contributed by atoms with E-state index >= 15 is 0 Å². The molecule has 216 valence electrons. The molecule has 1 amide bonds. The molecule has 1 unspecified atom stereocenters. The van der Waals surface area contributed by atoms with E-state index < -0.39 is 17.9 Å². The molecule has 2 N–H and O–H groups in total. The van der Waals surface area contributed by atoms with Gasteiger partial charge in [0.15, 0.2) is 11.5 Å². The van der Waals surface area contributed by atoms with Gasteiger partial charge >= 0.3 is 5.97 Å². The van der Waals surface area contributed by atoms with E-state index in [2.05, 4.69) is 20.2 Å². The van der Waals surface area contributed by atoms with Crippen LogP contribution in [0, 0.1) is 6.92 Å². The van der Waals surface area contributed by atoms with Gasteiger partial charge in [-0.25, -0.2) is 14.8 Å². The molecule has 3 aromatic carbocycles. The Balaban J connectivity index is 1.48. The summed E-state index contributed by atoms with van der Waals surface area (Å²) in [4.78, 5) is 35.9. The van der Waals surface area contributed by atoms with Gasteiger partial charge in [0.25, 0.3) is 5.91 Å². The monoisotopic (exact) mass is 584 g/mol. The number of aryl methyl sites for hydroxylation is 1. The number of carboxylic acids is 1. The van der Waals surface area contributed by atoms with Crippen LogP contribution in [0.5, 0.6) is 11.5 Å². The first kappa shape index (κ1) is 28.9. The molecule has 0 bridgehead atoms. The number of carbonyl (C=O) groups is 2. The molecule has 1 aliphatic rings. The lowest BCUT2D eigenvalue weighted by molar-refractivity contribution is -0.139. The van der Waals surface area contributed by atoms with Crippen molar-refractivity contribution in [3.63, 3.8) is 0 Å². The number of amides is 1. The number of carbonyl (C=O) groups excluding carboxylic acids is 1. The number of nitrogens with one attached hydrogen (secondary N) is 1. The van der Waals surface area contributed by atoms with Crippen LogP contribution in [0.25, 0.3) is 11.1 Å². The number of hydrogen-bond acceptors (Lipinski definition) is 8. The van der Waals surface area contributed by atoms with Crippen molar-refractivity contribution in [1.29, 1.82) is 0 Å². The fraction of sp³-hybridized carbons (Fsp3) is 0.250. The molecular formula is C32H32N4O5S. The second-order valence-electron chi connectivity index (χ2n) is 9.98. The number of carboxylic acid groups (broad SMARTS) is 1. The quantitative estimate of drug-likeness (QED) is 0.228. The van der Waals surface area contributed by atoms with Crippen LogP contribution in [-0.2, 0) is 17.9 Å². The van der Waals surface area contributed by atoms with E-state index in [0.717, 1.165) is 39.3 Å². The highest BCUT2D eigenvalue weighted by Gasteiger charge is 2.23. The third-order valence-corrected chi connectivity index (χ3v) is 7.72. The van der Waals surface area contributed by atoms with Crippen LogP contribution < -0.4 is 19.7 Å². The van der Waals surface area contributed by atoms with Crippen molar-refractivity contribution >= 4 is 29.3 Å². The van der Waals surface area contributed by atoms with Gasteiger partial charge in [-0.3, -0.25) is 4.79 Å². The van der Waals surface area contributed by atoms with Gasteiger partial charge in [0.05, 0.1) is 18.1 Å². The van der Waals surface area contributed by atoms with Crippen molar-refractivity contribution < 1.29 is 24.2 Å². The second-order valence-corrected chi connectivity index (χ2v) is 11.0. The van der Waals surface area contributed by atoms with Gasteiger partial charge in [0.2, 0.25) is 6.79 Å². The molecule has 0 radical (unpaired) electrons. The van der Waals surface area contributed by atoms with Gasteiger partial charge in [-0.15, -0.1) is 0 Å². The summed E-state index contributed by atoms with van der Waals surface area (Å²) >= 11 is 1.54. The maximum absolute atomic E-state index is 13.5. The van der Waals surface area contributed by atoms with E-state index in [4.69, 9.17) is 9.47 Å². The number of ether oxygens (including phenoxy) is 2. The van der Waals surface area contributed by atoms with Crippen LogP contribution in [0.4, 0.5) is 5.69 Å². The Morgan fingerprint density at radius 3 is 2.43 bits per heavy atom. The molecule has 1 aliphatic heterocycles. The minimum atomic E-state index is -1.05. The highest BCUT2D eigenvalue weighted by molar-refractivity contribution is 7.98. The second kappa shape index (κ2) is 13.4. The lowest BCUT2D eigenvalue weighted by Crippen LogP contribution is -2.41. The summed E-state index contributed by atoms with van der Waals surface area (Å²) in [7, 11) is 0. The number of aliphatic carboxylic acids is 1. The smallest absolute Gasteiger partial charge is 0.326 e. The first-order valence-electron chi connectivity index (χ1n) is 13.5. The van der Waals surface area contributed by atoms with Gasteiger partial charge < -0.3 is 24.8 Å². The Labute approximate surface area is 248 Å². The fourth-order valence-corrected chi connectivity index (χ4v) is 5.36. The number of rotatable bonds is 12. The standard InChI is InChI=1S/C32H32N4O5S/c1-21-5-3-4-6-25(21)27-13-22(7-9-26(27)31(37)35-28(32(38)39)11-12-42-2)17-36(24-15-33-19-34-16-24)18-23-8-10-29-30(14-23)41-20-40-29/h3-10,13-16,19,28H,11-12,17-18,20H2,1-2H3,(H,35,37)(H,38,39). The predicted octanol–water partition coefficient (Wildman–Crippen LogP) is 5.32. The number of fused-ring (bicyclic) bond motifs is 1. The van der Waals surface area contributed by atoms with Crippen LogP contribution in [0.2, 0.25) is 0 Å². The molecule has 5 rings (SSSR count). The SMILES string of the molecule is CSCCC(NC(=O)c1ccc(CN(Cc2ccc3c(c2)OCO3)c2cncnc2)cc1-c1ccccc1C)C(=O)O. The molecule has 1 aromatic heterocycles. The van der Waals surface area contributed by atoms with E-state index in [-0.39, 0.29) is 6.79 Å². The number of nitrogens with zero attached hydrogens (tertiary/aromatic N) is 3. The van der Waals surface area contributed by atoms with Crippen LogP contribution in [0.15, 0.2) is 79.4 Å². The molecule has 42 heavy (non-hydrogen) atoms. The summed E-state index contributed by atoms with van der Waals surface area (Å²) < 4.78 is 11.0. The third kappa shape index (κ3) is 6.83. The Morgan fingerprint density at radius 2 is 1.69 bits per heavy atom.